The number of likely N-dealkylation sites (N-methyl/N-ethyl adjacent to an activating group) is 1. The van der Waals surface area contributed by atoms with Gasteiger partial charge in [0.05, 0.1) is 16.6 Å². The fourth-order valence-corrected chi connectivity index (χ4v) is 8.75. The quantitative estimate of drug-likeness (QED) is 0.174. The molecule has 47 heavy (non-hydrogen) atoms. The van der Waals surface area contributed by atoms with Gasteiger partial charge in [-0.1, -0.05) is 30.3 Å². The molecule has 0 spiro atoms. The molecule has 4 aromatic carbocycles. The molecule has 7 rings (SSSR count). The van der Waals surface area contributed by atoms with Crippen molar-refractivity contribution in [3.05, 3.63) is 108 Å². The number of phenols is 1. The normalized spacial score (nSPS) is 12.3. The standard InChI is InChI=1S/C20H19AsN2O2.C18H19N3O/c1-23(2)10-9-21-20-18-17(13-5-3-4-6-14(13)19(18)25)15-8-7-12(24)11-16(15)22-20;1-21(2)11-10-19-18(22)15-8-5-7-14-12-13-6-3-4-9-16(13)20-17(14)15/h3-8,11,21,24H,9-10H2,1-2H3;3-9,12H,10-11H2,1-2H3,(H,19,22). The van der Waals surface area contributed by atoms with Gasteiger partial charge in [-0.2, -0.15) is 0 Å². The van der Waals surface area contributed by atoms with Crippen LogP contribution in [0.3, 0.4) is 0 Å². The van der Waals surface area contributed by atoms with Crippen LogP contribution in [0, 0.1) is 0 Å². The summed E-state index contributed by atoms with van der Waals surface area (Å²) in [6.45, 7) is 2.43. The van der Waals surface area contributed by atoms with Crippen LogP contribution < -0.4 is 9.80 Å². The number of pyridine rings is 2. The van der Waals surface area contributed by atoms with Crippen molar-refractivity contribution in [1.82, 2.24) is 25.1 Å². The zero-order valence-electron chi connectivity index (χ0n) is 27.0. The van der Waals surface area contributed by atoms with Gasteiger partial charge >= 0.3 is 153 Å². The van der Waals surface area contributed by atoms with Crippen molar-refractivity contribution >= 4 is 64.6 Å². The predicted molar refractivity (Wildman–Crippen MR) is 193 cm³/mol. The van der Waals surface area contributed by atoms with E-state index < -0.39 is 15.8 Å². The third-order valence-electron chi connectivity index (χ3n) is 8.13. The van der Waals surface area contributed by atoms with E-state index in [2.05, 4.69) is 35.4 Å². The van der Waals surface area contributed by atoms with Crippen molar-refractivity contribution in [1.29, 1.82) is 0 Å². The molecule has 0 bridgehead atoms. The van der Waals surface area contributed by atoms with E-state index >= 15 is 0 Å². The number of aromatic nitrogens is 2. The summed E-state index contributed by atoms with van der Waals surface area (Å²) in [4.78, 5) is 39.1. The molecule has 1 aliphatic rings. The van der Waals surface area contributed by atoms with Crippen LogP contribution in [0.25, 0.3) is 43.8 Å². The van der Waals surface area contributed by atoms with Gasteiger partial charge in [-0.3, -0.25) is 4.79 Å². The minimum absolute atomic E-state index is 0.0739. The van der Waals surface area contributed by atoms with E-state index in [1.807, 2.05) is 91.8 Å². The second kappa shape index (κ2) is 14.0. The summed E-state index contributed by atoms with van der Waals surface area (Å²) >= 11 is -0.536. The molecule has 0 fully saturated rings. The summed E-state index contributed by atoms with van der Waals surface area (Å²) in [6.07, 6.45) is 0. The number of amides is 1. The molecule has 0 aliphatic heterocycles. The molecule has 8 nitrogen and oxygen atoms in total. The van der Waals surface area contributed by atoms with Gasteiger partial charge in [0, 0.05) is 23.9 Å². The minimum atomic E-state index is -0.536. The van der Waals surface area contributed by atoms with Gasteiger partial charge in [-0.25, -0.2) is 4.98 Å². The van der Waals surface area contributed by atoms with Crippen molar-refractivity contribution in [2.75, 3.05) is 47.8 Å². The van der Waals surface area contributed by atoms with Gasteiger partial charge in [0.1, 0.15) is 0 Å². The summed E-state index contributed by atoms with van der Waals surface area (Å²) in [6, 6.07) is 28.8. The van der Waals surface area contributed by atoms with Crippen LogP contribution >= 0.6 is 0 Å². The van der Waals surface area contributed by atoms with Gasteiger partial charge < -0.3 is 10.2 Å². The van der Waals surface area contributed by atoms with Gasteiger partial charge in [0.2, 0.25) is 0 Å². The molecule has 6 aromatic rings. The number of hydrogen-bond acceptors (Lipinski definition) is 7. The van der Waals surface area contributed by atoms with Crippen molar-refractivity contribution in [3.8, 4) is 16.9 Å². The Morgan fingerprint density at radius 3 is 2.28 bits per heavy atom. The van der Waals surface area contributed by atoms with Crippen LogP contribution in [0.1, 0.15) is 26.3 Å². The zero-order chi connectivity index (χ0) is 33.1. The maximum atomic E-state index is 13.0. The maximum absolute atomic E-state index is 13.0. The van der Waals surface area contributed by atoms with E-state index in [1.54, 1.807) is 12.1 Å². The Morgan fingerprint density at radius 2 is 1.49 bits per heavy atom. The van der Waals surface area contributed by atoms with Crippen molar-refractivity contribution in [2.24, 2.45) is 0 Å². The Labute approximate surface area is 281 Å². The van der Waals surface area contributed by atoms with Gasteiger partial charge in [-0.15, -0.1) is 0 Å². The third-order valence-corrected chi connectivity index (χ3v) is 10.6. The second-order valence-corrected chi connectivity index (χ2v) is 14.9. The van der Waals surface area contributed by atoms with E-state index in [-0.39, 0.29) is 17.4 Å². The van der Waals surface area contributed by atoms with Gasteiger partial charge in [-0.05, 0) is 32.3 Å². The fraction of sp³-hybridized carbons (Fsp3) is 0.211. The SMILES string of the molecule is CN(C)CCNC(=O)c1cccc2cc3ccccc3nc12.CN(C)CC[AsH]c1nc2cc(O)ccc2c2c1C(=O)c1ccccc1-2. The molecule has 1 atom stereocenters. The number of para-hydroxylation sites is 2. The Balaban J connectivity index is 0.000000166. The first-order chi connectivity index (χ1) is 22.7. The first-order valence-electron chi connectivity index (χ1n) is 15.6. The first-order valence-corrected chi connectivity index (χ1v) is 18.2. The summed E-state index contributed by atoms with van der Waals surface area (Å²) < 4.78 is 0.955. The summed E-state index contributed by atoms with van der Waals surface area (Å²) in [5.74, 6) is 0.226. The topological polar surface area (TPSA) is 98.7 Å². The number of nitrogens with one attached hydrogen (secondary N) is 1. The molecule has 0 saturated heterocycles. The number of carbonyl (C=O) groups is 2. The van der Waals surface area contributed by atoms with Crippen molar-refractivity contribution < 1.29 is 14.7 Å². The molecule has 0 saturated carbocycles. The summed E-state index contributed by atoms with van der Waals surface area (Å²) in [5, 5.41) is 16.9. The van der Waals surface area contributed by atoms with E-state index in [0.29, 0.717) is 12.1 Å². The van der Waals surface area contributed by atoms with Crippen molar-refractivity contribution in [2.45, 2.75) is 5.21 Å². The Morgan fingerprint density at radius 1 is 0.766 bits per heavy atom. The number of benzene rings is 4. The molecular formula is C38H38AsN5O3. The fourth-order valence-electron chi connectivity index (χ4n) is 5.79. The zero-order valence-corrected chi connectivity index (χ0v) is 29.1. The monoisotopic (exact) mass is 687 g/mol. The third kappa shape index (κ3) is 6.91. The number of hydrogen-bond donors (Lipinski definition) is 2. The first kappa shape index (κ1) is 32.3. The molecule has 0 radical (unpaired) electrons. The van der Waals surface area contributed by atoms with Crippen LogP contribution in [-0.2, 0) is 0 Å². The van der Waals surface area contributed by atoms with E-state index in [1.165, 1.54) is 0 Å². The number of ketones is 1. The average molecular weight is 688 g/mol. The van der Waals surface area contributed by atoms with Crippen LogP contribution in [0.4, 0.5) is 0 Å². The number of fused-ring (bicyclic) bond motifs is 7. The van der Waals surface area contributed by atoms with Gasteiger partial charge in [0.15, 0.2) is 0 Å². The Kier molecular flexibility index (Phi) is 9.64. The Bertz CT molecular complexity index is 2130. The Hall–Kier alpha value is -4.62. The number of rotatable bonds is 8. The van der Waals surface area contributed by atoms with Crippen LogP contribution in [-0.4, -0.2) is 100 Å². The molecular weight excluding hydrogens is 649 g/mol. The summed E-state index contributed by atoms with van der Waals surface area (Å²) in [7, 11) is 8.09. The molecule has 1 aliphatic carbocycles. The average Bonchev–Trinajstić information content (AvgIpc) is 3.36. The van der Waals surface area contributed by atoms with Crippen LogP contribution in [0.2, 0.25) is 5.21 Å². The van der Waals surface area contributed by atoms with E-state index in [4.69, 9.17) is 4.98 Å². The number of aromatic hydroxyl groups is 1. The number of nitrogens with zero attached hydrogens (tertiary/aromatic N) is 4. The van der Waals surface area contributed by atoms with Crippen molar-refractivity contribution in [3.63, 3.8) is 0 Å². The predicted octanol–water partition coefficient (Wildman–Crippen LogP) is 4.87. The van der Waals surface area contributed by atoms with E-state index in [9.17, 15) is 14.7 Å². The molecule has 2 aromatic heterocycles. The van der Waals surface area contributed by atoms with E-state index in [0.717, 1.165) is 77.7 Å². The number of carbonyl (C=O) groups excluding carboxylic acids is 2. The molecule has 2 N–H and O–H groups in total. The molecule has 238 valence electrons. The second-order valence-electron chi connectivity index (χ2n) is 12.1. The summed E-state index contributed by atoms with van der Waals surface area (Å²) in [5.41, 5.74) is 6.59. The molecule has 9 heteroatoms. The molecule has 1 amide bonds. The molecule has 1 unspecified atom stereocenters. The van der Waals surface area contributed by atoms with Crippen LogP contribution in [0.15, 0.2) is 91.0 Å². The van der Waals surface area contributed by atoms with Crippen LogP contribution in [0.5, 0.6) is 5.75 Å². The molecule has 2 heterocycles. The number of phenolic OH excluding ortho intramolecular Hbond substituents is 1. The van der Waals surface area contributed by atoms with Gasteiger partial charge in [0.25, 0.3) is 5.91 Å².